The first-order valence-electron chi connectivity index (χ1n) is 10.4. The first kappa shape index (κ1) is 17.8. The summed E-state index contributed by atoms with van der Waals surface area (Å²) in [5, 5.41) is 15.0. The van der Waals surface area contributed by atoms with Crippen molar-refractivity contribution >= 4 is 43.9 Å². The summed E-state index contributed by atoms with van der Waals surface area (Å²) >= 11 is 0. The number of nitro groups is 1. The van der Waals surface area contributed by atoms with E-state index in [0.717, 1.165) is 49.5 Å². The zero-order valence-electron chi connectivity index (χ0n) is 16.9. The van der Waals surface area contributed by atoms with Crippen LogP contribution in [0.1, 0.15) is 12.5 Å². The molecule has 0 amide bonds. The van der Waals surface area contributed by atoms with E-state index in [9.17, 15) is 10.1 Å². The lowest BCUT2D eigenvalue weighted by molar-refractivity contribution is -0.512. The van der Waals surface area contributed by atoms with Crippen LogP contribution in [0.5, 0.6) is 0 Å². The predicted molar refractivity (Wildman–Crippen MR) is 125 cm³/mol. The maximum atomic E-state index is 11.8. The second kappa shape index (κ2) is 6.51. The second-order valence-electron chi connectivity index (χ2n) is 8.13. The second-order valence-corrected chi connectivity index (χ2v) is 8.13. The molecule has 2 atom stereocenters. The molecule has 0 saturated heterocycles. The summed E-state index contributed by atoms with van der Waals surface area (Å²) in [6.45, 7) is 1.90. The van der Waals surface area contributed by atoms with E-state index in [2.05, 4.69) is 34.7 Å². The summed E-state index contributed by atoms with van der Waals surface area (Å²) in [5.41, 5.74) is 5.63. The lowest BCUT2D eigenvalue weighted by Crippen LogP contribution is -2.29. The summed E-state index contributed by atoms with van der Waals surface area (Å²) < 4.78 is 2.21. The van der Waals surface area contributed by atoms with Gasteiger partial charge in [-0.15, -0.1) is 0 Å². The highest BCUT2D eigenvalue weighted by Crippen LogP contribution is 2.36. The molecule has 0 radical (unpaired) electrons. The molecule has 1 aliphatic rings. The molecule has 2 unspecified atom stereocenters. The topological polar surface area (TPSA) is 60.4 Å². The Hall–Kier alpha value is -3.99. The van der Waals surface area contributed by atoms with E-state index in [1.54, 1.807) is 0 Å². The quantitative estimate of drug-likeness (QED) is 0.205. The molecule has 6 rings (SSSR count). The Labute approximate surface area is 178 Å². The minimum atomic E-state index is -0.744. The third kappa shape index (κ3) is 2.53. The van der Waals surface area contributed by atoms with Gasteiger partial charge in [-0.25, -0.2) is 4.98 Å². The SMILES string of the molecule is CC1C=CC=C(c2ccc3c(c2)c2ccccc2n2c4ccccc4nc32)C1[N+](=O)[O-]. The van der Waals surface area contributed by atoms with E-state index in [0.29, 0.717) is 0 Å². The van der Waals surface area contributed by atoms with Gasteiger partial charge in [0.2, 0.25) is 6.04 Å². The van der Waals surface area contributed by atoms with E-state index < -0.39 is 6.04 Å². The largest absolute Gasteiger partial charge is 0.292 e. The van der Waals surface area contributed by atoms with Gasteiger partial charge in [-0.2, -0.15) is 0 Å². The fourth-order valence-corrected chi connectivity index (χ4v) is 4.88. The van der Waals surface area contributed by atoms with Crippen LogP contribution < -0.4 is 0 Å². The molecule has 5 heteroatoms. The van der Waals surface area contributed by atoms with Gasteiger partial charge < -0.3 is 0 Å². The van der Waals surface area contributed by atoms with Crippen LogP contribution in [-0.2, 0) is 0 Å². The van der Waals surface area contributed by atoms with Gasteiger partial charge in [0.05, 0.1) is 16.6 Å². The van der Waals surface area contributed by atoms with Gasteiger partial charge in [0.25, 0.3) is 0 Å². The number of rotatable bonds is 2. The van der Waals surface area contributed by atoms with Crippen molar-refractivity contribution in [2.75, 3.05) is 0 Å². The summed E-state index contributed by atoms with van der Waals surface area (Å²) in [6.07, 6.45) is 5.69. The number of aromatic nitrogens is 2. The van der Waals surface area contributed by atoms with Gasteiger partial charge in [-0.1, -0.05) is 67.6 Å². The molecule has 2 aromatic heterocycles. The van der Waals surface area contributed by atoms with Crippen molar-refractivity contribution in [3.63, 3.8) is 0 Å². The van der Waals surface area contributed by atoms with Gasteiger partial charge in [0.1, 0.15) is 5.65 Å². The molecular formula is C26H19N3O2. The van der Waals surface area contributed by atoms with Crippen LogP contribution in [0.3, 0.4) is 0 Å². The van der Waals surface area contributed by atoms with Crippen LogP contribution in [0.4, 0.5) is 0 Å². The van der Waals surface area contributed by atoms with Gasteiger partial charge in [-0.3, -0.25) is 14.5 Å². The number of benzene rings is 3. The Morgan fingerprint density at radius 1 is 0.935 bits per heavy atom. The van der Waals surface area contributed by atoms with Crippen molar-refractivity contribution < 1.29 is 4.92 Å². The molecule has 0 fully saturated rings. The van der Waals surface area contributed by atoms with Crippen LogP contribution in [-0.4, -0.2) is 20.3 Å². The number of allylic oxidation sites excluding steroid dienone is 2. The van der Waals surface area contributed by atoms with E-state index in [1.807, 2.05) is 61.5 Å². The average molecular weight is 405 g/mol. The van der Waals surface area contributed by atoms with Crippen LogP contribution >= 0.6 is 0 Å². The van der Waals surface area contributed by atoms with Crippen LogP contribution in [0.2, 0.25) is 0 Å². The minimum absolute atomic E-state index is 0.150. The van der Waals surface area contributed by atoms with Crippen LogP contribution in [0, 0.1) is 16.0 Å². The van der Waals surface area contributed by atoms with E-state index >= 15 is 0 Å². The fraction of sp³-hybridized carbons (Fsp3) is 0.115. The molecule has 0 saturated carbocycles. The molecule has 0 bridgehead atoms. The van der Waals surface area contributed by atoms with Gasteiger partial charge in [0.15, 0.2) is 0 Å². The van der Waals surface area contributed by atoms with E-state index in [4.69, 9.17) is 4.98 Å². The van der Waals surface area contributed by atoms with Gasteiger partial charge in [-0.05, 0) is 35.2 Å². The predicted octanol–water partition coefficient (Wildman–Crippen LogP) is 6.03. The number of hydrogen-bond donors (Lipinski definition) is 0. The normalized spacial score (nSPS) is 18.8. The Bertz CT molecular complexity index is 1590. The Morgan fingerprint density at radius 2 is 1.71 bits per heavy atom. The van der Waals surface area contributed by atoms with Crippen molar-refractivity contribution in [3.05, 3.63) is 101 Å². The number of pyridine rings is 1. The molecule has 5 nitrogen and oxygen atoms in total. The van der Waals surface area contributed by atoms with Gasteiger partial charge >= 0.3 is 0 Å². The molecule has 1 aliphatic carbocycles. The van der Waals surface area contributed by atoms with Crippen molar-refractivity contribution in [2.45, 2.75) is 13.0 Å². The highest BCUT2D eigenvalue weighted by molar-refractivity contribution is 6.14. The first-order chi connectivity index (χ1) is 15.1. The first-order valence-corrected chi connectivity index (χ1v) is 10.4. The average Bonchev–Trinajstić information content (AvgIpc) is 3.18. The minimum Gasteiger partial charge on any atom is -0.292 e. The summed E-state index contributed by atoms with van der Waals surface area (Å²) in [7, 11) is 0. The molecule has 0 spiro atoms. The third-order valence-electron chi connectivity index (χ3n) is 6.32. The Balaban J connectivity index is 1.71. The maximum absolute atomic E-state index is 11.8. The van der Waals surface area contributed by atoms with E-state index in [1.165, 1.54) is 0 Å². The summed E-state index contributed by atoms with van der Waals surface area (Å²) in [5.74, 6) is -0.150. The Kier molecular flexibility index (Phi) is 3.74. The molecule has 150 valence electrons. The smallest absolute Gasteiger partial charge is 0.244 e. The Morgan fingerprint density at radius 3 is 2.55 bits per heavy atom. The maximum Gasteiger partial charge on any atom is 0.244 e. The van der Waals surface area contributed by atoms with E-state index in [-0.39, 0.29) is 10.8 Å². The van der Waals surface area contributed by atoms with Crippen molar-refractivity contribution in [1.82, 2.24) is 9.38 Å². The van der Waals surface area contributed by atoms with Crippen molar-refractivity contribution in [3.8, 4) is 0 Å². The number of para-hydroxylation sites is 3. The molecule has 5 aromatic rings. The summed E-state index contributed by atoms with van der Waals surface area (Å²) in [4.78, 5) is 16.6. The number of nitrogens with zero attached hydrogens (tertiary/aromatic N) is 3. The zero-order chi connectivity index (χ0) is 21.1. The van der Waals surface area contributed by atoms with Crippen LogP contribution in [0.15, 0.2) is 85.0 Å². The highest BCUT2D eigenvalue weighted by atomic mass is 16.6. The summed E-state index contributed by atoms with van der Waals surface area (Å²) in [6, 6.07) is 21.8. The standard InChI is InChI=1S/C26H19N3O2/c1-16-7-6-9-18(25(16)29(30)31)17-13-14-20-21(15-17)19-8-2-4-11-23(19)28-24-12-5-3-10-22(24)27-26(20)28/h2-16,25H,1H3. The molecule has 31 heavy (non-hydrogen) atoms. The number of hydrogen-bond acceptors (Lipinski definition) is 3. The third-order valence-corrected chi connectivity index (χ3v) is 6.32. The molecule has 0 N–H and O–H groups in total. The monoisotopic (exact) mass is 405 g/mol. The molecule has 3 aromatic carbocycles. The zero-order valence-corrected chi connectivity index (χ0v) is 16.9. The highest BCUT2D eigenvalue weighted by Gasteiger charge is 2.33. The van der Waals surface area contributed by atoms with Crippen molar-refractivity contribution in [2.24, 2.45) is 5.92 Å². The van der Waals surface area contributed by atoms with Crippen LogP contribution in [0.25, 0.3) is 43.9 Å². The number of fused-ring (bicyclic) bond motifs is 8. The lowest BCUT2D eigenvalue weighted by atomic mass is 9.85. The molecular weight excluding hydrogens is 386 g/mol. The fourth-order valence-electron chi connectivity index (χ4n) is 4.88. The number of imidazole rings is 1. The lowest BCUT2D eigenvalue weighted by Gasteiger charge is -2.21. The molecule has 2 heterocycles. The van der Waals surface area contributed by atoms with Crippen molar-refractivity contribution in [1.29, 1.82) is 0 Å². The van der Waals surface area contributed by atoms with Gasteiger partial charge in [0, 0.05) is 27.2 Å². The molecule has 0 aliphatic heterocycles.